The Morgan fingerprint density at radius 2 is 2.31 bits per heavy atom. The van der Waals surface area contributed by atoms with E-state index in [4.69, 9.17) is 23.2 Å². The zero-order chi connectivity index (χ0) is 9.84. The Hall–Kier alpha value is 0.430. The standard InChI is InChI=1S/C8H7BrCl2OS/c9-5-4-7(13-8(5)11)6(12)2-1-3-10/h4H,1-3H2. The average Bonchev–Trinajstić information content (AvgIpc) is 2.43. The molecule has 0 radical (unpaired) electrons. The SMILES string of the molecule is O=C(CCCCl)c1cc(Br)c(Cl)s1. The van der Waals surface area contributed by atoms with E-state index in [-0.39, 0.29) is 5.78 Å². The van der Waals surface area contributed by atoms with E-state index in [1.165, 1.54) is 11.3 Å². The summed E-state index contributed by atoms with van der Waals surface area (Å²) in [6.45, 7) is 0. The molecule has 1 aromatic heterocycles. The molecule has 0 unspecified atom stereocenters. The number of carbonyl (C=O) groups excluding carboxylic acids is 1. The molecule has 1 rings (SSSR count). The van der Waals surface area contributed by atoms with Crippen molar-refractivity contribution in [1.82, 2.24) is 0 Å². The van der Waals surface area contributed by atoms with Gasteiger partial charge >= 0.3 is 0 Å². The van der Waals surface area contributed by atoms with E-state index < -0.39 is 0 Å². The van der Waals surface area contributed by atoms with Crippen molar-refractivity contribution < 1.29 is 4.79 Å². The molecule has 5 heteroatoms. The fourth-order valence-electron chi connectivity index (χ4n) is 0.835. The Morgan fingerprint density at radius 3 is 2.77 bits per heavy atom. The monoisotopic (exact) mass is 300 g/mol. The predicted molar refractivity (Wildman–Crippen MR) is 61.3 cm³/mol. The van der Waals surface area contributed by atoms with Crippen LogP contribution in [0.1, 0.15) is 22.5 Å². The van der Waals surface area contributed by atoms with Crippen molar-refractivity contribution in [3.8, 4) is 0 Å². The highest BCUT2D eigenvalue weighted by Crippen LogP contribution is 2.32. The van der Waals surface area contributed by atoms with Gasteiger partial charge in [0.15, 0.2) is 5.78 Å². The van der Waals surface area contributed by atoms with Gasteiger partial charge in [-0.25, -0.2) is 0 Å². The van der Waals surface area contributed by atoms with Crippen molar-refractivity contribution >= 4 is 56.3 Å². The minimum atomic E-state index is 0.109. The van der Waals surface area contributed by atoms with Crippen LogP contribution in [-0.2, 0) is 0 Å². The maximum absolute atomic E-state index is 11.4. The first-order valence-corrected chi connectivity index (χ1v) is 6.21. The van der Waals surface area contributed by atoms with Gasteiger partial charge in [0.05, 0.1) is 4.88 Å². The average molecular weight is 302 g/mol. The first-order chi connectivity index (χ1) is 6.15. The van der Waals surface area contributed by atoms with Crippen LogP contribution in [-0.4, -0.2) is 11.7 Å². The summed E-state index contributed by atoms with van der Waals surface area (Å²) in [4.78, 5) is 12.1. The maximum Gasteiger partial charge on any atom is 0.172 e. The smallest absolute Gasteiger partial charge is 0.172 e. The first kappa shape index (κ1) is 11.5. The van der Waals surface area contributed by atoms with Gasteiger partial charge in [-0.05, 0) is 28.4 Å². The molecule has 0 fully saturated rings. The first-order valence-electron chi connectivity index (χ1n) is 3.69. The normalized spacial score (nSPS) is 10.4. The Morgan fingerprint density at radius 1 is 1.62 bits per heavy atom. The molecule has 72 valence electrons. The molecule has 0 aromatic carbocycles. The lowest BCUT2D eigenvalue weighted by molar-refractivity contribution is 0.0986. The van der Waals surface area contributed by atoms with Crippen LogP contribution < -0.4 is 0 Å². The molecule has 0 N–H and O–H groups in total. The molecule has 0 aliphatic heterocycles. The summed E-state index contributed by atoms with van der Waals surface area (Å²) in [5, 5.41) is 0. The third-order valence-corrected chi connectivity index (χ3v) is 4.24. The number of Topliss-reactive ketones (excluding diaryl/α,β-unsaturated/α-hetero) is 1. The van der Waals surface area contributed by atoms with Crippen molar-refractivity contribution in [2.24, 2.45) is 0 Å². The summed E-state index contributed by atoms with van der Waals surface area (Å²) in [7, 11) is 0. The van der Waals surface area contributed by atoms with Gasteiger partial charge in [-0.1, -0.05) is 11.6 Å². The van der Waals surface area contributed by atoms with Crippen LogP contribution >= 0.6 is 50.5 Å². The van der Waals surface area contributed by atoms with Crippen molar-refractivity contribution in [2.75, 3.05) is 5.88 Å². The number of rotatable bonds is 4. The van der Waals surface area contributed by atoms with Gasteiger partial charge in [0, 0.05) is 16.8 Å². The van der Waals surface area contributed by atoms with Gasteiger partial charge in [-0.2, -0.15) is 0 Å². The number of carbonyl (C=O) groups is 1. The van der Waals surface area contributed by atoms with Gasteiger partial charge < -0.3 is 0 Å². The summed E-state index contributed by atoms with van der Waals surface area (Å²) < 4.78 is 1.41. The van der Waals surface area contributed by atoms with Crippen LogP contribution in [0.2, 0.25) is 4.34 Å². The van der Waals surface area contributed by atoms with E-state index in [0.717, 1.165) is 4.47 Å². The van der Waals surface area contributed by atoms with Crippen LogP contribution in [0, 0.1) is 0 Å². The topological polar surface area (TPSA) is 17.1 Å². The molecular formula is C8H7BrCl2OS. The van der Waals surface area contributed by atoms with Gasteiger partial charge in [0.2, 0.25) is 0 Å². The lowest BCUT2D eigenvalue weighted by atomic mass is 10.2. The Kier molecular flexibility index (Phi) is 4.73. The number of hydrogen-bond acceptors (Lipinski definition) is 2. The lowest BCUT2D eigenvalue weighted by Gasteiger charge is -1.93. The second kappa shape index (κ2) is 5.35. The Bertz CT molecular complexity index is 292. The molecule has 0 spiro atoms. The van der Waals surface area contributed by atoms with Gasteiger partial charge in [0.25, 0.3) is 0 Å². The second-order valence-corrected chi connectivity index (χ2v) is 5.33. The van der Waals surface area contributed by atoms with Crippen LogP contribution in [0.3, 0.4) is 0 Å². The van der Waals surface area contributed by atoms with Gasteiger partial charge in [-0.15, -0.1) is 22.9 Å². The number of hydrogen-bond donors (Lipinski definition) is 0. The molecule has 0 amide bonds. The summed E-state index contributed by atoms with van der Waals surface area (Å²) in [6, 6.07) is 1.75. The van der Waals surface area contributed by atoms with Crippen molar-refractivity contribution in [3.63, 3.8) is 0 Å². The third-order valence-electron chi connectivity index (χ3n) is 1.46. The zero-order valence-corrected chi connectivity index (χ0v) is 10.6. The minimum absolute atomic E-state index is 0.109. The minimum Gasteiger partial charge on any atom is -0.293 e. The Balaban J connectivity index is 2.66. The maximum atomic E-state index is 11.4. The number of ketones is 1. The Labute approximate surface area is 99.2 Å². The van der Waals surface area contributed by atoms with Gasteiger partial charge in [-0.3, -0.25) is 4.79 Å². The highest BCUT2D eigenvalue weighted by Gasteiger charge is 2.11. The molecular weight excluding hydrogens is 295 g/mol. The fourth-order valence-corrected chi connectivity index (χ4v) is 2.64. The van der Waals surface area contributed by atoms with Crippen molar-refractivity contribution in [3.05, 3.63) is 19.8 Å². The zero-order valence-electron chi connectivity index (χ0n) is 6.65. The molecule has 0 saturated heterocycles. The quantitative estimate of drug-likeness (QED) is 0.596. The predicted octanol–water partition coefficient (Wildman–Crippen LogP) is 4.37. The van der Waals surface area contributed by atoms with Crippen molar-refractivity contribution in [1.29, 1.82) is 0 Å². The molecule has 1 aromatic rings. The molecule has 13 heavy (non-hydrogen) atoms. The van der Waals surface area contributed by atoms with E-state index >= 15 is 0 Å². The summed E-state index contributed by atoms with van der Waals surface area (Å²) in [5.41, 5.74) is 0. The molecule has 0 atom stereocenters. The largest absolute Gasteiger partial charge is 0.293 e. The molecule has 0 aliphatic carbocycles. The molecule has 1 nitrogen and oxygen atoms in total. The van der Waals surface area contributed by atoms with E-state index in [0.29, 0.717) is 27.9 Å². The van der Waals surface area contributed by atoms with Crippen LogP contribution in [0.25, 0.3) is 0 Å². The van der Waals surface area contributed by atoms with Crippen LogP contribution in [0.5, 0.6) is 0 Å². The molecule has 1 heterocycles. The third kappa shape index (κ3) is 3.24. The van der Waals surface area contributed by atoms with E-state index in [9.17, 15) is 4.79 Å². The second-order valence-electron chi connectivity index (χ2n) is 2.45. The van der Waals surface area contributed by atoms with E-state index in [2.05, 4.69) is 15.9 Å². The van der Waals surface area contributed by atoms with E-state index in [1.807, 2.05) is 0 Å². The number of alkyl halides is 1. The highest BCUT2D eigenvalue weighted by atomic mass is 79.9. The molecule has 0 bridgehead atoms. The number of thiophene rings is 1. The van der Waals surface area contributed by atoms with Crippen LogP contribution in [0.15, 0.2) is 10.5 Å². The van der Waals surface area contributed by atoms with E-state index in [1.54, 1.807) is 6.07 Å². The summed E-state index contributed by atoms with van der Waals surface area (Å²) in [6.07, 6.45) is 1.21. The van der Waals surface area contributed by atoms with Crippen LogP contribution in [0.4, 0.5) is 0 Å². The summed E-state index contributed by atoms with van der Waals surface area (Å²) >= 11 is 15.8. The highest BCUT2D eigenvalue weighted by molar-refractivity contribution is 9.10. The summed E-state index contributed by atoms with van der Waals surface area (Å²) in [5.74, 6) is 0.629. The number of halogens is 3. The lowest BCUT2D eigenvalue weighted by Crippen LogP contribution is -1.95. The van der Waals surface area contributed by atoms with Crippen molar-refractivity contribution in [2.45, 2.75) is 12.8 Å². The molecule has 0 saturated carbocycles. The molecule has 0 aliphatic rings. The fraction of sp³-hybridized carbons (Fsp3) is 0.375. The van der Waals surface area contributed by atoms with Gasteiger partial charge in [0.1, 0.15) is 4.34 Å².